The normalized spacial score (nSPS) is 14.8. The molecule has 5 heteroatoms. The molecular formula is C21H20N2O3. The molecule has 0 unspecified atom stereocenters. The Morgan fingerprint density at radius 1 is 1.15 bits per heavy atom. The van der Waals surface area contributed by atoms with Gasteiger partial charge >= 0.3 is 0 Å². The lowest BCUT2D eigenvalue weighted by molar-refractivity contribution is 0.0992. The van der Waals surface area contributed by atoms with E-state index in [1.807, 2.05) is 48.5 Å². The lowest BCUT2D eigenvalue weighted by Gasteiger charge is -2.12. The van der Waals surface area contributed by atoms with E-state index < -0.39 is 0 Å². The van der Waals surface area contributed by atoms with Crippen LogP contribution in [0.4, 0.5) is 0 Å². The number of carbonyl (C=O) groups excluding carboxylic acids is 1. The van der Waals surface area contributed by atoms with E-state index in [0.29, 0.717) is 17.9 Å². The fourth-order valence-corrected chi connectivity index (χ4v) is 3.36. The van der Waals surface area contributed by atoms with Gasteiger partial charge in [0.25, 0.3) is 0 Å². The minimum atomic E-state index is -0.151. The highest BCUT2D eigenvalue weighted by atomic mass is 16.5. The molecule has 0 atom stereocenters. The number of nitrogens with zero attached hydrogens (tertiary/aromatic N) is 2. The molecule has 0 N–H and O–H groups in total. The summed E-state index contributed by atoms with van der Waals surface area (Å²) >= 11 is 0. The molecule has 2 aromatic carbocycles. The van der Waals surface area contributed by atoms with Gasteiger partial charge in [0.1, 0.15) is 5.75 Å². The van der Waals surface area contributed by atoms with Crippen molar-refractivity contribution in [1.82, 2.24) is 10.1 Å². The van der Waals surface area contributed by atoms with Crippen molar-refractivity contribution in [3.8, 4) is 5.75 Å². The van der Waals surface area contributed by atoms with Crippen LogP contribution in [-0.2, 0) is 11.8 Å². The van der Waals surface area contributed by atoms with Crippen molar-refractivity contribution in [2.24, 2.45) is 0 Å². The molecule has 1 heterocycles. The van der Waals surface area contributed by atoms with Crippen LogP contribution in [0.1, 0.15) is 46.0 Å². The number of hydrogen-bond donors (Lipinski definition) is 0. The molecule has 0 bridgehead atoms. The maximum Gasteiger partial charge on any atom is 0.223 e. The molecule has 132 valence electrons. The van der Waals surface area contributed by atoms with Crippen LogP contribution in [0.15, 0.2) is 53.1 Å². The number of methoxy groups -OCH3 is 1. The molecule has 4 rings (SSSR count). The highest BCUT2D eigenvalue weighted by molar-refractivity contribution is 5.97. The highest BCUT2D eigenvalue weighted by Gasteiger charge is 2.49. The SMILES string of the molecule is COc1ccccc1CC(=O)c1ccc(C2(c3noc(C)n3)CC2)cc1. The number of ether oxygens (including phenoxy) is 1. The van der Waals surface area contributed by atoms with Crippen LogP contribution in [0, 0.1) is 6.92 Å². The molecule has 1 aliphatic rings. The lowest BCUT2D eigenvalue weighted by atomic mass is 9.93. The van der Waals surface area contributed by atoms with Gasteiger partial charge in [0, 0.05) is 24.5 Å². The summed E-state index contributed by atoms with van der Waals surface area (Å²) in [5.41, 5.74) is 2.57. The summed E-state index contributed by atoms with van der Waals surface area (Å²) in [6.07, 6.45) is 2.32. The molecule has 1 saturated carbocycles. The first kappa shape index (κ1) is 16.5. The second-order valence-electron chi connectivity index (χ2n) is 6.71. The zero-order chi connectivity index (χ0) is 18.1. The second kappa shape index (κ2) is 6.41. The van der Waals surface area contributed by atoms with Crippen molar-refractivity contribution >= 4 is 5.78 Å². The predicted molar refractivity (Wildman–Crippen MR) is 96.5 cm³/mol. The molecule has 1 aromatic heterocycles. The van der Waals surface area contributed by atoms with E-state index in [-0.39, 0.29) is 11.2 Å². The van der Waals surface area contributed by atoms with Crippen LogP contribution in [0.5, 0.6) is 5.75 Å². The Kier molecular flexibility index (Phi) is 4.07. The number of para-hydroxylation sites is 1. The number of aromatic nitrogens is 2. The number of rotatable bonds is 6. The van der Waals surface area contributed by atoms with Crippen molar-refractivity contribution in [1.29, 1.82) is 0 Å². The van der Waals surface area contributed by atoms with Gasteiger partial charge in [-0.2, -0.15) is 4.98 Å². The summed E-state index contributed by atoms with van der Waals surface area (Å²) in [6, 6.07) is 15.4. The molecule has 5 nitrogen and oxygen atoms in total. The smallest absolute Gasteiger partial charge is 0.223 e. The average molecular weight is 348 g/mol. The third-order valence-electron chi connectivity index (χ3n) is 5.01. The average Bonchev–Trinajstić information content (AvgIpc) is 3.37. The topological polar surface area (TPSA) is 65.2 Å². The summed E-state index contributed by atoms with van der Waals surface area (Å²) in [5, 5.41) is 4.09. The maximum absolute atomic E-state index is 12.6. The third kappa shape index (κ3) is 2.90. The van der Waals surface area contributed by atoms with E-state index in [0.717, 1.165) is 35.5 Å². The number of aryl methyl sites for hydroxylation is 1. The Labute approximate surface area is 152 Å². The first-order chi connectivity index (χ1) is 12.6. The van der Waals surface area contributed by atoms with Crippen molar-refractivity contribution in [2.45, 2.75) is 31.6 Å². The summed E-state index contributed by atoms with van der Waals surface area (Å²) < 4.78 is 10.5. The van der Waals surface area contributed by atoms with Gasteiger partial charge in [-0.1, -0.05) is 47.6 Å². The van der Waals surface area contributed by atoms with E-state index in [9.17, 15) is 4.79 Å². The van der Waals surface area contributed by atoms with Crippen LogP contribution < -0.4 is 4.74 Å². The zero-order valence-electron chi connectivity index (χ0n) is 14.9. The predicted octanol–water partition coefficient (Wildman–Crippen LogP) is 3.89. The summed E-state index contributed by atoms with van der Waals surface area (Å²) in [7, 11) is 1.62. The molecule has 0 spiro atoms. The molecule has 3 aromatic rings. The van der Waals surface area contributed by atoms with E-state index in [4.69, 9.17) is 9.26 Å². The Morgan fingerprint density at radius 3 is 2.50 bits per heavy atom. The highest BCUT2D eigenvalue weighted by Crippen LogP contribution is 2.52. The monoisotopic (exact) mass is 348 g/mol. The fraction of sp³-hybridized carbons (Fsp3) is 0.286. The second-order valence-corrected chi connectivity index (χ2v) is 6.71. The summed E-state index contributed by atoms with van der Waals surface area (Å²) in [5.74, 6) is 2.13. The van der Waals surface area contributed by atoms with Gasteiger partial charge in [-0.25, -0.2) is 0 Å². The largest absolute Gasteiger partial charge is 0.496 e. The molecular weight excluding hydrogens is 328 g/mol. The van der Waals surface area contributed by atoms with Gasteiger partial charge in [-0.15, -0.1) is 0 Å². The quantitative estimate of drug-likeness (QED) is 0.632. The van der Waals surface area contributed by atoms with E-state index in [1.54, 1.807) is 14.0 Å². The Balaban J connectivity index is 1.54. The molecule has 0 radical (unpaired) electrons. The Bertz CT molecular complexity index is 940. The number of carbonyl (C=O) groups is 1. The lowest BCUT2D eigenvalue weighted by Crippen LogP contribution is -2.12. The van der Waals surface area contributed by atoms with Crippen LogP contribution in [0.25, 0.3) is 0 Å². The first-order valence-electron chi connectivity index (χ1n) is 8.69. The van der Waals surface area contributed by atoms with E-state index in [2.05, 4.69) is 10.1 Å². The number of ketones is 1. The minimum Gasteiger partial charge on any atom is -0.496 e. The number of hydrogen-bond acceptors (Lipinski definition) is 5. The van der Waals surface area contributed by atoms with Gasteiger partial charge < -0.3 is 9.26 Å². The van der Waals surface area contributed by atoms with Gasteiger partial charge in [-0.3, -0.25) is 4.79 Å². The van der Waals surface area contributed by atoms with Crippen LogP contribution in [-0.4, -0.2) is 23.0 Å². The van der Waals surface area contributed by atoms with Gasteiger partial charge in [-0.05, 0) is 24.5 Å². The summed E-state index contributed by atoms with van der Waals surface area (Å²) in [6.45, 7) is 1.80. The maximum atomic E-state index is 12.6. The van der Waals surface area contributed by atoms with Gasteiger partial charge in [0.15, 0.2) is 11.6 Å². The number of benzene rings is 2. The van der Waals surface area contributed by atoms with Crippen LogP contribution in [0.3, 0.4) is 0 Å². The molecule has 0 amide bonds. The van der Waals surface area contributed by atoms with Crippen LogP contribution >= 0.6 is 0 Å². The van der Waals surface area contributed by atoms with Crippen molar-refractivity contribution in [2.75, 3.05) is 7.11 Å². The third-order valence-corrected chi connectivity index (χ3v) is 5.01. The Hall–Kier alpha value is -2.95. The Morgan fingerprint density at radius 2 is 1.88 bits per heavy atom. The number of Topliss-reactive ketones (excluding diaryl/α,β-unsaturated/α-hetero) is 1. The molecule has 26 heavy (non-hydrogen) atoms. The molecule has 1 aliphatic carbocycles. The standard InChI is InChI=1S/C21H20N2O3/c1-14-22-20(23-26-14)21(11-12-21)17-9-7-15(8-10-17)18(24)13-16-5-3-4-6-19(16)25-2/h3-10H,11-13H2,1-2H3. The molecule has 1 fully saturated rings. The first-order valence-corrected chi connectivity index (χ1v) is 8.69. The van der Waals surface area contributed by atoms with Crippen molar-refractivity contribution in [3.63, 3.8) is 0 Å². The van der Waals surface area contributed by atoms with Crippen LogP contribution in [0.2, 0.25) is 0 Å². The van der Waals surface area contributed by atoms with Gasteiger partial charge in [0.2, 0.25) is 5.89 Å². The summed E-state index contributed by atoms with van der Waals surface area (Å²) in [4.78, 5) is 17.0. The fourth-order valence-electron chi connectivity index (χ4n) is 3.36. The molecule has 0 aliphatic heterocycles. The molecule has 0 saturated heterocycles. The minimum absolute atomic E-state index is 0.0707. The van der Waals surface area contributed by atoms with Gasteiger partial charge in [0.05, 0.1) is 12.5 Å². The van der Waals surface area contributed by atoms with Crippen molar-refractivity contribution in [3.05, 3.63) is 76.9 Å². The zero-order valence-corrected chi connectivity index (χ0v) is 14.9. The van der Waals surface area contributed by atoms with E-state index in [1.165, 1.54) is 0 Å². The van der Waals surface area contributed by atoms with E-state index >= 15 is 0 Å². The van der Waals surface area contributed by atoms with Crippen molar-refractivity contribution < 1.29 is 14.1 Å².